The van der Waals surface area contributed by atoms with Gasteiger partial charge in [0.2, 0.25) is 11.2 Å². The summed E-state index contributed by atoms with van der Waals surface area (Å²) in [4.78, 5) is 13.6. The maximum atomic E-state index is 13.6. The Balaban J connectivity index is 2.22. The highest BCUT2D eigenvalue weighted by Gasteiger charge is 2.42. The molecule has 0 radical (unpaired) electrons. The highest BCUT2D eigenvalue weighted by atomic mass is 16.5. The van der Waals surface area contributed by atoms with Crippen molar-refractivity contribution in [3.8, 4) is 23.0 Å². The highest BCUT2D eigenvalue weighted by molar-refractivity contribution is 6.00. The quantitative estimate of drug-likeness (QED) is 0.470. The first-order chi connectivity index (χ1) is 14.1. The van der Waals surface area contributed by atoms with Crippen LogP contribution in [0.15, 0.2) is 33.0 Å². The van der Waals surface area contributed by atoms with E-state index in [0.717, 1.165) is 11.1 Å². The van der Waals surface area contributed by atoms with Gasteiger partial charge in [0, 0.05) is 17.0 Å². The van der Waals surface area contributed by atoms with E-state index >= 15 is 0 Å². The normalized spacial score (nSPS) is 17.1. The first kappa shape index (κ1) is 20.1. The molecule has 0 bridgehead atoms. The molecule has 2 heterocycles. The van der Waals surface area contributed by atoms with E-state index < -0.39 is 5.41 Å². The second kappa shape index (κ2) is 6.69. The smallest absolute Gasteiger partial charge is 0.204 e. The van der Waals surface area contributed by atoms with E-state index in [2.05, 4.69) is 0 Å². The molecule has 0 fully saturated rings. The van der Waals surface area contributed by atoms with Crippen molar-refractivity contribution in [1.29, 1.82) is 0 Å². The molecule has 2 N–H and O–H groups in total. The van der Waals surface area contributed by atoms with Gasteiger partial charge in [0.1, 0.15) is 28.6 Å². The highest BCUT2D eigenvalue weighted by Crippen LogP contribution is 2.50. The zero-order valence-electron chi connectivity index (χ0n) is 18.0. The molecule has 0 saturated heterocycles. The van der Waals surface area contributed by atoms with Gasteiger partial charge in [-0.25, -0.2) is 0 Å². The Morgan fingerprint density at radius 1 is 1.17 bits per heavy atom. The number of aromatic hydroxyl groups is 2. The molecule has 30 heavy (non-hydrogen) atoms. The molecule has 2 aromatic carbocycles. The van der Waals surface area contributed by atoms with Crippen molar-refractivity contribution in [3.05, 3.63) is 45.1 Å². The van der Waals surface area contributed by atoms with E-state index in [1.807, 2.05) is 40.7 Å². The van der Waals surface area contributed by atoms with E-state index in [-0.39, 0.29) is 50.7 Å². The molecule has 0 aliphatic carbocycles. The topological polar surface area (TPSA) is 89.1 Å². The van der Waals surface area contributed by atoms with Crippen LogP contribution in [0.4, 0.5) is 0 Å². The van der Waals surface area contributed by atoms with Crippen molar-refractivity contribution < 1.29 is 24.1 Å². The van der Waals surface area contributed by atoms with Crippen LogP contribution in [-0.4, -0.2) is 23.4 Å². The first-order valence-electron chi connectivity index (χ1n) is 9.93. The lowest BCUT2D eigenvalue weighted by Crippen LogP contribution is -2.29. The number of benzene rings is 2. The van der Waals surface area contributed by atoms with E-state index in [1.54, 1.807) is 0 Å². The van der Waals surface area contributed by atoms with Gasteiger partial charge in [-0.1, -0.05) is 25.5 Å². The largest absolute Gasteiger partial charge is 0.507 e. The summed E-state index contributed by atoms with van der Waals surface area (Å²) in [7, 11) is 1.41. The molecule has 158 valence electrons. The van der Waals surface area contributed by atoms with Gasteiger partial charge in [-0.2, -0.15) is 0 Å². The summed E-state index contributed by atoms with van der Waals surface area (Å²) >= 11 is 0. The fourth-order valence-corrected chi connectivity index (χ4v) is 4.11. The van der Waals surface area contributed by atoms with Crippen LogP contribution in [0, 0.1) is 0 Å². The molecule has 0 saturated carbocycles. The third-order valence-electron chi connectivity index (χ3n) is 6.08. The Kier molecular flexibility index (Phi) is 4.49. The number of ether oxygens (including phenoxy) is 2. The van der Waals surface area contributed by atoms with Gasteiger partial charge < -0.3 is 24.1 Å². The van der Waals surface area contributed by atoms with Gasteiger partial charge in [0.15, 0.2) is 11.3 Å². The Morgan fingerprint density at radius 2 is 1.87 bits per heavy atom. The lowest BCUT2D eigenvalue weighted by atomic mass is 9.80. The van der Waals surface area contributed by atoms with Gasteiger partial charge in [0.25, 0.3) is 0 Å². The van der Waals surface area contributed by atoms with Gasteiger partial charge in [-0.05, 0) is 38.8 Å². The van der Waals surface area contributed by atoms with E-state index in [1.165, 1.54) is 19.2 Å². The molecular weight excluding hydrogens is 384 g/mol. The number of hydrogen-bond donors (Lipinski definition) is 2. The second-order valence-electron chi connectivity index (χ2n) is 8.66. The van der Waals surface area contributed by atoms with Crippen LogP contribution in [0.25, 0.3) is 21.9 Å². The van der Waals surface area contributed by atoms with E-state index in [0.29, 0.717) is 17.7 Å². The molecule has 1 unspecified atom stereocenters. The van der Waals surface area contributed by atoms with E-state index in [4.69, 9.17) is 13.9 Å². The second-order valence-corrected chi connectivity index (χ2v) is 8.66. The summed E-state index contributed by atoms with van der Waals surface area (Å²) in [5.41, 5.74) is 2.01. The van der Waals surface area contributed by atoms with Crippen molar-refractivity contribution >= 4 is 21.9 Å². The number of hydrogen-bond acceptors (Lipinski definition) is 6. The van der Waals surface area contributed by atoms with Gasteiger partial charge >= 0.3 is 0 Å². The van der Waals surface area contributed by atoms with Crippen molar-refractivity contribution in [1.82, 2.24) is 0 Å². The Labute approximate surface area is 174 Å². The summed E-state index contributed by atoms with van der Waals surface area (Å²) in [6, 6.07) is 3.00. The summed E-state index contributed by atoms with van der Waals surface area (Å²) in [5, 5.41) is 21.6. The zero-order valence-corrected chi connectivity index (χ0v) is 18.0. The van der Waals surface area contributed by atoms with Crippen LogP contribution in [0.2, 0.25) is 0 Å². The van der Waals surface area contributed by atoms with Crippen LogP contribution in [-0.2, 0) is 11.8 Å². The van der Waals surface area contributed by atoms with Crippen LogP contribution in [0.3, 0.4) is 0 Å². The molecule has 1 atom stereocenters. The number of methoxy groups -OCH3 is 1. The molecule has 6 nitrogen and oxygen atoms in total. The van der Waals surface area contributed by atoms with Crippen molar-refractivity contribution in [2.75, 3.05) is 7.11 Å². The standard InChI is InChI=1S/C24H26O6/c1-11(2)7-8-13-9-15(26)21(28-6)23-17(13)20(27)18-14(25)10-16-19(22(18)30-23)24(4,5)12(3)29-16/h7,9-10,12,25-26H,8H2,1-6H3. The molecule has 3 aromatic rings. The zero-order chi connectivity index (χ0) is 22.0. The van der Waals surface area contributed by atoms with Crippen molar-refractivity contribution in [2.24, 2.45) is 0 Å². The summed E-state index contributed by atoms with van der Waals surface area (Å²) in [6.45, 7) is 9.86. The molecule has 0 amide bonds. The monoisotopic (exact) mass is 410 g/mol. The predicted octanol–water partition coefficient (Wildman–Crippen LogP) is 4.93. The minimum Gasteiger partial charge on any atom is -0.507 e. The van der Waals surface area contributed by atoms with Crippen LogP contribution in [0.1, 0.15) is 45.7 Å². The third kappa shape index (κ3) is 2.74. The Morgan fingerprint density at radius 3 is 2.50 bits per heavy atom. The van der Waals surface area contributed by atoms with Gasteiger partial charge in [-0.15, -0.1) is 0 Å². The number of rotatable bonds is 3. The molecule has 1 aliphatic rings. The fraction of sp³-hybridized carbons (Fsp3) is 0.375. The summed E-state index contributed by atoms with van der Waals surface area (Å²) in [6.07, 6.45) is 2.23. The lowest BCUT2D eigenvalue weighted by Gasteiger charge is -2.22. The molecule has 4 rings (SSSR count). The number of phenolic OH excluding ortho intramolecular Hbond substituents is 2. The minimum absolute atomic E-state index is 0.0896. The fourth-order valence-electron chi connectivity index (χ4n) is 4.11. The van der Waals surface area contributed by atoms with Crippen LogP contribution < -0.4 is 14.9 Å². The van der Waals surface area contributed by atoms with Crippen LogP contribution >= 0.6 is 0 Å². The average Bonchev–Trinajstić information content (AvgIpc) is 2.87. The molecular formula is C24H26O6. The van der Waals surface area contributed by atoms with Gasteiger partial charge in [-0.3, -0.25) is 4.79 Å². The predicted molar refractivity (Wildman–Crippen MR) is 116 cm³/mol. The minimum atomic E-state index is -0.445. The lowest BCUT2D eigenvalue weighted by molar-refractivity contribution is 0.185. The maximum Gasteiger partial charge on any atom is 0.204 e. The summed E-state index contributed by atoms with van der Waals surface area (Å²) in [5.74, 6) is 0.283. The SMILES string of the molecule is COc1c(O)cc(CC=C(C)C)c2c(=O)c3c(O)cc4c(c3oc12)C(C)(C)C(C)O4. The number of fused-ring (bicyclic) bond motifs is 4. The summed E-state index contributed by atoms with van der Waals surface area (Å²) < 4.78 is 17.5. The third-order valence-corrected chi connectivity index (χ3v) is 6.08. The van der Waals surface area contributed by atoms with Gasteiger partial charge in [0.05, 0.1) is 12.5 Å². The molecule has 1 aliphatic heterocycles. The molecule has 6 heteroatoms. The van der Waals surface area contributed by atoms with Crippen molar-refractivity contribution in [2.45, 2.75) is 52.6 Å². The Hall–Kier alpha value is -3.15. The number of phenols is 2. The number of allylic oxidation sites excluding steroid dienone is 2. The molecule has 1 aromatic heterocycles. The first-order valence-corrected chi connectivity index (χ1v) is 9.93. The van der Waals surface area contributed by atoms with Crippen LogP contribution in [0.5, 0.6) is 23.0 Å². The van der Waals surface area contributed by atoms with E-state index in [9.17, 15) is 15.0 Å². The Bertz CT molecular complexity index is 1280. The molecule has 0 spiro atoms. The maximum absolute atomic E-state index is 13.6. The average molecular weight is 410 g/mol. The van der Waals surface area contributed by atoms with Crippen molar-refractivity contribution in [3.63, 3.8) is 0 Å².